The third kappa shape index (κ3) is 3.74. The zero-order chi connectivity index (χ0) is 20.4. The fourth-order valence-electron chi connectivity index (χ4n) is 3.03. The van der Waals surface area contributed by atoms with Crippen molar-refractivity contribution < 1.29 is 8.42 Å². The number of nitrogens with one attached hydrogen (secondary N) is 1. The summed E-state index contributed by atoms with van der Waals surface area (Å²) in [6, 6.07) is 12.8. The predicted molar refractivity (Wildman–Crippen MR) is 112 cm³/mol. The van der Waals surface area contributed by atoms with E-state index >= 15 is 0 Å². The number of aryl methyl sites for hydroxylation is 1. The lowest BCUT2D eigenvalue weighted by Gasteiger charge is -2.08. The first-order valence-corrected chi connectivity index (χ1v) is 10.4. The van der Waals surface area contributed by atoms with E-state index in [2.05, 4.69) is 19.9 Å². The van der Waals surface area contributed by atoms with Crippen LogP contribution in [0.25, 0.3) is 16.8 Å². The van der Waals surface area contributed by atoms with Crippen LogP contribution in [0, 0.1) is 13.8 Å². The van der Waals surface area contributed by atoms with Crippen molar-refractivity contribution in [1.82, 2.24) is 19.2 Å². The number of hydrazone groups is 1. The van der Waals surface area contributed by atoms with Crippen LogP contribution in [0.5, 0.6) is 0 Å². The van der Waals surface area contributed by atoms with Gasteiger partial charge in [-0.05, 0) is 49.2 Å². The van der Waals surface area contributed by atoms with Crippen molar-refractivity contribution in [2.45, 2.75) is 18.7 Å². The van der Waals surface area contributed by atoms with Crippen LogP contribution in [0.15, 0.2) is 77.2 Å². The van der Waals surface area contributed by atoms with E-state index in [4.69, 9.17) is 0 Å². The maximum Gasteiger partial charge on any atom is 0.276 e. The summed E-state index contributed by atoms with van der Waals surface area (Å²) in [6.45, 7) is 3.65. The summed E-state index contributed by atoms with van der Waals surface area (Å²) in [6.07, 6.45) is 8.50. The fraction of sp³-hybridized carbons (Fsp3) is 0.0952. The highest BCUT2D eigenvalue weighted by molar-refractivity contribution is 7.89. The lowest BCUT2D eigenvalue weighted by Crippen LogP contribution is -2.19. The van der Waals surface area contributed by atoms with E-state index in [1.165, 1.54) is 6.21 Å². The number of rotatable bonds is 5. The summed E-state index contributed by atoms with van der Waals surface area (Å²) < 4.78 is 27.0. The monoisotopic (exact) mass is 405 g/mol. The van der Waals surface area contributed by atoms with Gasteiger partial charge in [-0.15, -0.1) is 0 Å². The van der Waals surface area contributed by atoms with Crippen molar-refractivity contribution in [2.24, 2.45) is 5.10 Å². The smallest absolute Gasteiger partial charge is 0.276 e. The number of fused-ring (bicyclic) bond motifs is 1. The number of imidazole rings is 1. The van der Waals surface area contributed by atoms with Gasteiger partial charge in [0.1, 0.15) is 5.65 Å². The normalized spacial score (nSPS) is 11.9. The Morgan fingerprint density at radius 1 is 1.03 bits per heavy atom. The van der Waals surface area contributed by atoms with Crippen molar-refractivity contribution in [3.63, 3.8) is 0 Å². The molecule has 0 aliphatic heterocycles. The van der Waals surface area contributed by atoms with Gasteiger partial charge >= 0.3 is 0 Å². The van der Waals surface area contributed by atoms with E-state index in [0.29, 0.717) is 11.3 Å². The summed E-state index contributed by atoms with van der Waals surface area (Å²) in [5, 5.41) is 3.95. The number of pyridine rings is 2. The highest BCUT2D eigenvalue weighted by atomic mass is 32.2. The summed E-state index contributed by atoms with van der Waals surface area (Å²) in [5.74, 6) is 0. The molecule has 29 heavy (non-hydrogen) atoms. The first kappa shape index (κ1) is 18.8. The van der Waals surface area contributed by atoms with E-state index in [1.807, 2.05) is 47.9 Å². The average molecular weight is 405 g/mol. The second-order valence-corrected chi connectivity index (χ2v) is 8.25. The van der Waals surface area contributed by atoms with Crippen LogP contribution in [-0.4, -0.2) is 29.0 Å². The SMILES string of the molecule is Cc1cccc(S(=O)(=O)NN=Cc2cnc3ccc(-c4cccnc4)cn23)c1C. The Bertz CT molecular complexity index is 1310. The molecule has 0 radical (unpaired) electrons. The Morgan fingerprint density at radius 2 is 1.90 bits per heavy atom. The van der Waals surface area contributed by atoms with Crippen LogP contribution in [0.4, 0.5) is 0 Å². The Balaban J connectivity index is 1.62. The van der Waals surface area contributed by atoms with Crippen LogP contribution in [0.1, 0.15) is 16.8 Å². The summed E-state index contributed by atoms with van der Waals surface area (Å²) in [5.41, 5.74) is 4.93. The van der Waals surface area contributed by atoms with Gasteiger partial charge in [0.05, 0.1) is 23.0 Å². The third-order valence-electron chi connectivity index (χ3n) is 4.74. The van der Waals surface area contributed by atoms with Gasteiger partial charge < -0.3 is 0 Å². The van der Waals surface area contributed by atoms with E-state index in [1.54, 1.807) is 37.6 Å². The van der Waals surface area contributed by atoms with E-state index in [9.17, 15) is 8.42 Å². The molecule has 0 bridgehead atoms. The first-order valence-electron chi connectivity index (χ1n) is 8.94. The van der Waals surface area contributed by atoms with Crippen molar-refractivity contribution in [3.8, 4) is 11.1 Å². The molecule has 0 aliphatic carbocycles. The summed E-state index contributed by atoms with van der Waals surface area (Å²) >= 11 is 0. The molecule has 0 atom stereocenters. The zero-order valence-electron chi connectivity index (χ0n) is 15.9. The van der Waals surface area contributed by atoms with Crippen LogP contribution in [-0.2, 0) is 10.0 Å². The molecular formula is C21H19N5O2S. The topological polar surface area (TPSA) is 88.7 Å². The number of hydrogen-bond acceptors (Lipinski definition) is 5. The minimum atomic E-state index is -3.76. The van der Waals surface area contributed by atoms with Gasteiger partial charge in [-0.1, -0.05) is 18.2 Å². The summed E-state index contributed by atoms with van der Waals surface area (Å²) in [7, 11) is -3.76. The molecule has 8 heteroatoms. The minimum Gasteiger partial charge on any atom is -0.298 e. The lowest BCUT2D eigenvalue weighted by atomic mass is 10.1. The van der Waals surface area contributed by atoms with Crippen molar-refractivity contribution in [2.75, 3.05) is 0 Å². The molecule has 3 aromatic heterocycles. The number of benzene rings is 1. The second-order valence-electron chi connectivity index (χ2n) is 6.62. The molecule has 3 heterocycles. The molecule has 0 amide bonds. The quantitative estimate of drug-likeness (QED) is 0.407. The van der Waals surface area contributed by atoms with E-state index in [-0.39, 0.29) is 4.90 Å². The molecule has 146 valence electrons. The first-order chi connectivity index (χ1) is 14.0. The largest absolute Gasteiger partial charge is 0.298 e. The average Bonchev–Trinajstić information content (AvgIpc) is 3.13. The lowest BCUT2D eigenvalue weighted by molar-refractivity contribution is 0.584. The van der Waals surface area contributed by atoms with Crippen molar-refractivity contribution >= 4 is 21.9 Å². The van der Waals surface area contributed by atoms with E-state index in [0.717, 1.165) is 22.3 Å². The second kappa shape index (κ2) is 7.48. The minimum absolute atomic E-state index is 0.214. The highest BCUT2D eigenvalue weighted by Crippen LogP contribution is 2.20. The molecule has 0 aliphatic rings. The van der Waals surface area contributed by atoms with Gasteiger partial charge in [-0.2, -0.15) is 18.4 Å². The maximum absolute atomic E-state index is 12.6. The molecule has 1 aromatic carbocycles. The van der Waals surface area contributed by atoms with Gasteiger partial charge in [0, 0.05) is 29.7 Å². The van der Waals surface area contributed by atoms with Gasteiger partial charge in [0.2, 0.25) is 0 Å². The molecular weight excluding hydrogens is 386 g/mol. The summed E-state index contributed by atoms with van der Waals surface area (Å²) in [4.78, 5) is 11.0. The molecule has 7 nitrogen and oxygen atoms in total. The Kier molecular flexibility index (Phi) is 4.85. The van der Waals surface area contributed by atoms with E-state index < -0.39 is 10.0 Å². The standard InChI is InChI=1S/C21H19N5O2S/c1-15-5-3-7-20(16(15)2)29(27,28)25-24-13-19-12-23-21-9-8-18(14-26(19)21)17-6-4-10-22-11-17/h3-14,25H,1-2H3. The highest BCUT2D eigenvalue weighted by Gasteiger charge is 2.16. The number of aromatic nitrogens is 3. The van der Waals surface area contributed by atoms with Crippen LogP contribution < -0.4 is 4.83 Å². The molecule has 1 N–H and O–H groups in total. The predicted octanol–water partition coefficient (Wildman–Crippen LogP) is 3.33. The Hall–Kier alpha value is -3.52. The van der Waals surface area contributed by atoms with Gasteiger partial charge in [-0.25, -0.2) is 4.98 Å². The number of nitrogens with zero attached hydrogens (tertiary/aromatic N) is 4. The molecule has 4 aromatic rings. The molecule has 0 saturated heterocycles. The Labute approximate surface area is 168 Å². The molecule has 0 unspecified atom stereocenters. The van der Waals surface area contributed by atoms with Gasteiger partial charge in [0.25, 0.3) is 10.0 Å². The van der Waals surface area contributed by atoms with Gasteiger partial charge in [0.15, 0.2) is 0 Å². The zero-order valence-corrected chi connectivity index (χ0v) is 16.8. The number of hydrogen-bond donors (Lipinski definition) is 1. The van der Waals surface area contributed by atoms with Crippen LogP contribution in [0.2, 0.25) is 0 Å². The number of sulfonamides is 1. The molecule has 0 fully saturated rings. The third-order valence-corrected chi connectivity index (χ3v) is 6.11. The Morgan fingerprint density at radius 3 is 2.69 bits per heavy atom. The molecule has 0 saturated carbocycles. The van der Waals surface area contributed by atoms with Crippen molar-refractivity contribution in [3.05, 3.63) is 84.1 Å². The molecule has 4 rings (SSSR count). The molecule has 0 spiro atoms. The van der Waals surface area contributed by atoms with Crippen LogP contribution in [0.3, 0.4) is 0 Å². The fourth-order valence-corrected chi connectivity index (χ4v) is 4.14. The van der Waals surface area contributed by atoms with Gasteiger partial charge in [-0.3, -0.25) is 9.38 Å². The maximum atomic E-state index is 12.6. The van der Waals surface area contributed by atoms with Crippen molar-refractivity contribution in [1.29, 1.82) is 0 Å². The van der Waals surface area contributed by atoms with Crippen LogP contribution >= 0.6 is 0 Å².